The standard InChI is InChI=1S/C16H21NO3/c1-12(2)20-16(19)15(10-9-13(3)18)17-11-14-7-5-4-6-8-14/h4-8,11-12,15H,9-10H2,1-3H3. The third-order valence-corrected chi connectivity index (χ3v) is 2.60. The lowest BCUT2D eigenvalue weighted by Crippen LogP contribution is -2.25. The minimum Gasteiger partial charge on any atom is -0.461 e. The van der Waals surface area contributed by atoms with Gasteiger partial charge in [-0.15, -0.1) is 0 Å². The minimum absolute atomic E-state index is 0.0438. The third-order valence-electron chi connectivity index (χ3n) is 2.60. The first-order chi connectivity index (χ1) is 9.49. The van der Waals surface area contributed by atoms with Crippen molar-refractivity contribution >= 4 is 18.0 Å². The first-order valence-corrected chi connectivity index (χ1v) is 6.77. The number of hydrogen-bond acceptors (Lipinski definition) is 4. The van der Waals surface area contributed by atoms with E-state index in [1.165, 1.54) is 6.92 Å². The van der Waals surface area contributed by atoms with E-state index in [0.717, 1.165) is 5.56 Å². The number of nitrogens with zero attached hydrogens (tertiary/aromatic N) is 1. The number of ether oxygens (including phenoxy) is 1. The summed E-state index contributed by atoms with van der Waals surface area (Å²) < 4.78 is 5.17. The molecule has 0 amide bonds. The van der Waals surface area contributed by atoms with Gasteiger partial charge in [-0.3, -0.25) is 4.99 Å². The highest BCUT2D eigenvalue weighted by molar-refractivity contribution is 5.84. The summed E-state index contributed by atoms with van der Waals surface area (Å²) in [4.78, 5) is 27.3. The molecule has 4 heteroatoms. The SMILES string of the molecule is CC(=O)CCC(N=Cc1ccccc1)C(=O)OC(C)C. The molecule has 1 aromatic carbocycles. The Morgan fingerprint density at radius 2 is 1.90 bits per heavy atom. The largest absolute Gasteiger partial charge is 0.461 e. The van der Waals surface area contributed by atoms with Crippen LogP contribution in [0, 0.1) is 0 Å². The van der Waals surface area contributed by atoms with Gasteiger partial charge in [-0.1, -0.05) is 30.3 Å². The number of benzene rings is 1. The zero-order valence-electron chi connectivity index (χ0n) is 12.2. The van der Waals surface area contributed by atoms with Crippen molar-refractivity contribution < 1.29 is 14.3 Å². The Balaban J connectivity index is 2.73. The topological polar surface area (TPSA) is 55.7 Å². The molecule has 20 heavy (non-hydrogen) atoms. The maximum Gasteiger partial charge on any atom is 0.331 e. The Bertz CT molecular complexity index is 466. The van der Waals surface area contributed by atoms with Gasteiger partial charge < -0.3 is 9.53 Å². The summed E-state index contributed by atoms with van der Waals surface area (Å²) in [6, 6.07) is 8.90. The zero-order valence-corrected chi connectivity index (χ0v) is 12.2. The van der Waals surface area contributed by atoms with Crippen molar-refractivity contribution in [2.24, 2.45) is 4.99 Å². The van der Waals surface area contributed by atoms with Crippen LogP contribution in [0.25, 0.3) is 0 Å². The van der Waals surface area contributed by atoms with Gasteiger partial charge in [0.2, 0.25) is 0 Å². The molecule has 0 aliphatic rings. The molecular formula is C16H21NO3. The van der Waals surface area contributed by atoms with Crippen molar-refractivity contribution in [1.82, 2.24) is 0 Å². The van der Waals surface area contributed by atoms with Crippen LogP contribution in [0.4, 0.5) is 0 Å². The van der Waals surface area contributed by atoms with Crippen molar-refractivity contribution in [2.45, 2.75) is 45.8 Å². The lowest BCUT2D eigenvalue weighted by molar-refractivity contribution is -0.149. The fourth-order valence-corrected chi connectivity index (χ4v) is 1.62. The molecule has 1 rings (SSSR count). The van der Waals surface area contributed by atoms with Crippen LogP contribution in [-0.2, 0) is 14.3 Å². The average molecular weight is 275 g/mol. The highest BCUT2D eigenvalue weighted by Crippen LogP contribution is 2.08. The van der Waals surface area contributed by atoms with E-state index in [-0.39, 0.29) is 17.9 Å². The maximum absolute atomic E-state index is 11.9. The molecule has 0 aliphatic heterocycles. The Kier molecular flexibility index (Phi) is 6.64. The molecule has 0 aliphatic carbocycles. The van der Waals surface area contributed by atoms with E-state index < -0.39 is 6.04 Å². The van der Waals surface area contributed by atoms with Gasteiger partial charge in [-0.25, -0.2) is 4.79 Å². The summed E-state index contributed by atoms with van der Waals surface area (Å²) in [6.07, 6.45) is 2.16. The average Bonchev–Trinajstić information content (AvgIpc) is 2.38. The van der Waals surface area contributed by atoms with Gasteiger partial charge in [-0.2, -0.15) is 0 Å². The second-order valence-corrected chi connectivity index (χ2v) is 4.93. The first-order valence-electron chi connectivity index (χ1n) is 6.77. The number of carbonyl (C=O) groups is 2. The van der Waals surface area contributed by atoms with Crippen molar-refractivity contribution in [3.05, 3.63) is 35.9 Å². The van der Waals surface area contributed by atoms with E-state index in [4.69, 9.17) is 4.74 Å². The third kappa shape index (κ3) is 6.27. The predicted octanol–water partition coefficient (Wildman–Crippen LogP) is 2.79. The summed E-state index contributed by atoms with van der Waals surface area (Å²) in [5.41, 5.74) is 0.915. The van der Waals surface area contributed by atoms with Crippen LogP contribution in [0.15, 0.2) is 35.3 Å². The summed E-state index contributed by atoms with van der Waals surface area (Å²) in [5, 5.41) is 0. The molecule has 0 saturated heterocycles. The van der Waals surface area contributed by atoms with E-state index in [1.807, 2.05) is 30.3 Å². The van der Waals surface area contributed by atoms with Gasteiger partial charge in [0, 0.05) is 12.6 Å². The first kappa shape index (κ1) is 16.1. The highest BCUT2D eigenvalue weighted by atomic mass is 16.5. The lowest BCUT2D eigenvalue weighted by atomic mass is 10.1. The molecule has 0 bridgehead atoms. The molecule has 108 valence electrons. The fourth-order valence-electron chi connectivity index (χ4n) is 1.62. The summed E-state index contributed by atoms with van der Waals surface area (Å²) in [5.74, 6) is -0.337. The molecule has 0 N–H and O–H groups in total. The van der Waals surface area contributed by atoms with Gasteiger partial charge in [0.25, 0.3) is 0 Å². The molecule has 1 aromatic rings. The molecule has 0 aromatic heterocycles. The number of hydrogen-bond donors (Lipinski definition) is 0. The van der Waals surface area contributed by atoms with Gasteiger partial charge in [0.05, 0.1) is 6.10 Å². The summed E-state index contributed by atoms with van der Waals surface area (Å²) >= 11 is 0. The highest BCUT2D eigenvalue weighted by Gasteiger charge is 2.20. The second-order valence-electron chi connectivity index (χ2n) is 4.93. The van der Waals surface area contributed by atoms with Gasteiger partial charge in [0.1, 0.15) is 11.8 Å². The van der Waals surface area contributed by atoms with Gasteiger partial charge in [-0.05, 0) is 32.8 Å². The molecule has 0 radical (unpaired) electrons. The molecule has 1 unspecified atom stereocenters. The van der Waals surface area contributed by atoms with Gasteiger partial charge >= 0.3 is 5.97 Å². The molecule has 0 spiro atoms. The second kappa shape index (κ2) is 8.25. The van der Waals surface area contributed by atoms with Gasteiger partial charge in [0.15, 0.2) is 0 Å². The monoisotopic (exact) mass is 275 g/mol. The van der Waals surface area contributed by atoms with Crippen molar-refractivity contribution in [2.75, 3.05) is 0 Å². The Labute approximate surface area is 119 Å². The molecule has 4 nitrogen and oxygen atoms in total. The van der Waals surface area contributed by atoms with E-state index >= 15 is 0 Å². The van der Waals surface area contributed by atoms with Crippen LogP contribution < -0.4 is 0 Å². The van der Waals surface area contributed by atoms with Crippen LogP contribution >= 0.6 is 0 Å². The Hall–Kier alpha value is -1.97. The molecule has 0 saturated carbocycles. The number of Topliss-reactive ketones (excluding diaryl/α,β-unsaturated/α-hetero) is 1. The molecule has 0 fully saturated rings. The van der Waals surface area contributed by atoms with Crippen LogP contribution in [0.5, 0.6) is 0 Å². The number of ketones is 1. The zero-order chi connectivity index (χ0) is 15.0. The van der Waals surface area contributed by atoms with E-state index in [2.05, 4.69) is 4.99 Å². The van der Waals surface area contributed by atoms with Crippen LogP contribution in [0.2, 0.25) is 0 Å². The van der Waals surface area contributed by atoms with Crippen LogP contribution in [0.1, 0.15) is 39.2 Å². The fraction of sp³-hybridized carbons (Fsp3) is 0.438. The normalized spacial score (nSPS) is 12.6. The van der Waals surface area contributed by atoms with Crippen molar-refractivity contribution in [1.29, 1.82) is 0 Å². The molecule has 1 atom stereocenters. The number of carbonyl (C=O) groups excluding carboxylic acids is 2. The number of esters is 1. The number of rotatable bonds is 7. The maximum atomic E-state index is 11.9. The summed E-state index contributed by atoms with van der Waals surface area (Å²) in [7, 11) is 0. The molecular weight excluding hydrogens is 254 g/mol. The van der Waals surface area contributed by atoms with E-state index in [1.54, 1.807) is 20.1 Å². The predicted molar refractivity (Wildman–Crippen MR) is 79.0 cm³/mol. The minimum atomic E-state index is -0.624. The molecule has 0 heterocycles. The van der Waals surface area contributed by atoms with Crippen molar-refractivity contribution in [3.63, 3.8) is 0 Å². The summed E-state index contributed by atoms with van der Waals surface area (Å²) in [6.45, 7) is 5.09. The van der Waals surface area contributed by atoms with Crippen LogP contribution in [-0.4, -0.2) is 30.1 Å². The number of aliphatic imine (C=N–C) groups is 1. The van der Waals surface area contributed by atoms with Crippen LogP contribution in [0.3, 0.4) is 0 Å². The van der Waals surface area contributed by atoms with Crippen molar-refractivity contribution in [3.8, 4) is 0 Å². The smallest absolute Gasteiger partial charge is 0.331 e. The Morgan fingerprint density at radius 3 is 2.45 bits per heavy atom. The van der Waals surface area contributed by atoms with E-state index in [0.29, 0.717) is 12.8 Å². The Morgan fingerprint density at radius 1 is 1.25 bits per heavy atom. The quantitative estimate of drug-likeness (QED) is 0.568. The van der Waals surface area contributed by atoms with E-state index in [9.17, 15) is 9.59 Å². The lowest BCUT2D eigenvalue weighted by Gasteiger charge is -2.13.